The third-order valence-corrected chi connectivity index (χ3v) is 3.11. The molecule has 0 aliphatic heterocycles. The Kier molecular flexibility index (Phi) is 4.03. The normalized spacial score (nSPS) is 10.3. The van der Waals surface area contributed by atoms with Gasteiger partial charge in [-0.15, -0.1) is 0 Å². The molecule has 1 aromatic heterocycles. The third kappa shape index (κ3) is 2.96. The lowest BCUT2D eigenvalue weighted by Gasteiger charge is -2.10. The summed E-state index contributed by atoms with van der Waals surface area (Å²) < 4.78 is 4.97. The average molecular weight is 271 g/mol. The van der Waals surface area contributed by atoms with E-state index in [-0.39, 0.29) is 24.0 Å². The summed E-state index contributed by atoms with van der Waals surface area (Å²) in [4.78, 5) is 23.9. The summed E-state index contributed by atoms with van der Waals surface area (Å²) in [5, 5.41) is 2.57. The molecule has 0 atom stereocenters. The molecule has 1 amide bonds. The Hall–Kier alpha value is -2.36. The van der Waals surface area contributed by atoms with Crippen molar-refractivity contribution in [1.82, 2.24) is 5.32 Å². The van der Waals surface area contributed by atoms with Gasteiger partial charge in [0.2, 0.25) is 0 Å². The van der Waals surface area contributed by atoms with E-state index in [1.165, 1.54) is 6.26 Å². The van der Waals surface area contributed by atoms with Crippen molar-refractivity contribution in [3.05, 3.63) is 58.5 Å². The van der Waals surface area contributed by atoms with Gasteiger partial charge in [-0.05, 0) is 44.0 Å². The monoisotopic (exact) mass is 271 g/mol. The number of carbonyl (C=O) groups is 2. The molecular formula is C16H17NO3. The lowest BCUT2D eigenvalue weighted by atomic mass is 9.96. The molecule has 0 radical (unpaired) electrons. The molecule has 104 valence electrons. The van der Waals surface area contributed by atoms with Gasteiger partial charge in [-0.25, -0.2) is 0 Å². The second-order valence-corrected chi connectivity index (χ2v) is 4.86. The zero-order valence-corrected chi connectivity index (χ0v) is 11.8. The quantitative estimate of drug-likeness (QED) is 0.870. The molecule has 20 heavy (non-hydrogen) atoms. The van der Waals surface area contributed by atoms with Gasteiger partial charge in [-0.3, -0.25) is 9.59 Å². The second kappa shape index (κ2) is 5.74. The van der Waals surface area contributed by atoms with Crippen LogP contribution in [0.25, 0.3) is 0 Å². The number of aryl methyl sites for hydroxylation is 3. The van der Waals surface area contributed by atoms with Gasteiger partial charge in [0, 0.05) is 5.56 Å². The summed E-state index contributed by atoms with van der Waals surface area (Å²) in [6.07, 6.45) is 1.42. The van der Waals surface area contributed by atoms with Gasteiger partial charge in [0.05, 0.1) is 12.8 Å². The van der Waals surface area contributed by atoms with E-state index >= 15 is 0 Å². The number of benzene rings is 1. The molecule has 0 fully saturated rings. The highest BCUT2D eigenvalue weighted by Gasteiger charge is 2.15. The number of ketones is 1. The summed E-state index contributed by atoms with van der Waals surface area (Å²) in [6, 6.07) is 7.12. The lowest BCUT2D eigenvalue weighted by molar-refractivity contribution is 0.0885. The average Bonchev–Trinajstić information content (AvgIpc) is 2.88. The van der Waals surface area contributed by atoms with E-state index in [9.17, 15) is 9.59 Å². The van der Waals surface area contributed by atoms with Crippen LogP contribution in [0.5, 0.6) is 0 Å². The molecule has 1 N–H and O–H groups in total. The van der Waals surface area contributed by atoms with Gasteiger partial charge in [0.15, 0.2) is 11.5 Å². The van der Waals surface area contributed by atoms with E-state index in [1.54, 1.807) is 12.1 Å². The number of furan rings is 1. The molecule has 0 saturated heterocycles. The fourth-order valence-corrected chi connectivity index (χ4v) is 2.36. The van der Waals surface area contributed by atoms with Crippen molar-refractivity contribution in [3.63, 3.8) is 0 Å². The van der Waals surface area contributed by atoms with E-state index in [2.05, 4.69) is 5.32 Å². The topological polar surface area (TPSA) is 59.3 Å². The fourth-order valence-electron chi connectivity index (χ4n) is 2.36. The molecule has 0 unspecified atom stereocenters. The number of nitrogens with one attached hydrogen (secondary N) is 1. The molecular weight excluding hydrogens is 254 g/mol. The third-order valence-electron chi connectivity index (χ3n) is 3.11. The number of hydrogen-bond acceptors (Lipinski definition) is 3. The molecule has 4 nitrogen and oxygen atoms in total. The predicted molar refractivity (Wildman–Crippen MR) is 76.0 cm³/mol. The number of hydrogen-bond donors (Lipinski definition) is 1. The summed E-state index contributed by atoms with van der Waals surface area (Å²) in [5.74, 6) is -0.277. The highest BCUT2D eigenvalue weighted by Crippen LogP contribution is 2.16. The molecule has 0 aliphatic carbocycles. The van der Waals surface area contributed by atoms with Crippen LogP contribution in [0.1, 0.15) is 37.6 Å². The van der Waals surface area contributed by atoms with Crippen molar-refractivity contribution in [2.24, 2.45) is 0 Å². The Morgan fingerprint density at radius 2 is 1.80 bits per heavy atom. The van der Waals surface area contributed by atoms with Gasteiger partial charge in [-0.2, -0.15) is 0 Å². The van der Waals surface area contributed by atoms with Gasteiger partial charge < -0.3 is 9.73 Å². The van der Waals surface area contributed by atoms with Crippen LogP contribution in [-0.2, 0) is 0 Å². The van der Waals surface area contributed by atoms with Crippen LogP contribution in [0.4, 0.5) is 0 Å². The van der Waals surface area contributed by atoms with Crippen molar-refractivity contribution in [1.29, 1.82) is 0 Å². The van der Waals surface area contributed by atoms with E-state index in [0.717, 1.165) is 16.7 Å². The Labute approximate surface area is 117 Å². The minimum atomic E-state index is -0.384. The van der Waals surface area contributed by atoms with Crippen molar-refractivity contribution in [3.8, 4) is 0 Å². The second-order valence-electron chi connectivity index (χ2n) is 4.86. The molecule has 4 heteroatoms. The van der Waals surface area contributed by atoms with Crippen LogP contribution in [0.15, 0.2) is 34.9 Å². The maximum absolute atomic E-state index is 12.2. The van der Waals surface area contributed by atoms with E-state index in [4.69, 9.17) is 4.42 Å². The predicted octanol–water partition coefficient (Wildman–Crippen LogP) is 2.82. The molecule has 1 aromatic carbocycles. The van der Waals surface area contributed by atoms with Crippen molar-refractivity contribution >= 4 is 11.7 Å². The maximum Gasteiger partial charge on any atom is 0.287 e. The first-order chi connectivity index (χ1) is 9.49. The largest absolute Gasteiger partial charge is 0.459 e. The fraction of sp³-hybridized carbons (Fsp3) is 0.250. The van der Waals surface area contributed by atoms with Crippen LogP contribution in [-0.4, -0.2) is 18.2 Å². The summed E-state index contributed by atoms with van der Waals surface area (Å²) in [7, 11) is 0. The van der Waals surface area contributed by atoms with Crippen LogP contribution < -0.4 is 5.32 Å². The highest BCUT2D eigenvalue weighted by molar-refractivity contribution is 6.03. The van der Waals surface area contributed by atoms with Crippen molar-refractivity contribution < 1.29 is 14.0 Å². The number of amides is 1. The number of rotatable bonds is 4. The summed E-state index contributed by atoms with van der Waals surface area (Å²) in [6.45, 7) is 5.76. The van der Waals surface area contributed by atoms with Gasteiger partial charge >= 0.3 is 0 Å². The lowest BCUT2D eigenvalue weighted by Crippen LogP contribution is -2.30. The smallest absolute Gasteiger partial charge is 0.287 e. The highest BCUT2D eigenvalue weighted by atomic mass is 16.3. The molecule has 0 bridgehead atoms. The summed E-state index contributed by atoms with van der Waals surface area (Å²) >= 11 is 0. The molecule has 2 rings (SSSR count). The zero-order valence-electron chi connectivity index (χ0n) is 11.8. The van der Waals surface area contributed by atoms with Gasteiger partial charge in [-0.1, -0.05) is 17.7 Å². The first-order valence-corrected chi connectivity index (χ1v) is 6.42. The van der Waals surface area contributed by atoms with Crippen LogP contribution >= 0.6 is 0 Å². The molecule has 0 aliphatic rings. The van der Waals surface area contributed by atoms with Crippen molar-refractivity contribution in [2.45, 2.75) is 20.8 Å². The van der Waals surface area contributed by atoms with Crippen LogP contribution in [0.2, 0.25) is 0 Å². The first kappa shape index (κ1) is 14.1. The standard InChI is InChI=1S/C16H17NO3/c1-10-7-11(2)15(12(3)8-10)13(18)9-17-16(19)14-5-4-6-20-14/h4-8H,9H2,1-3H3,(H,17,19). The van der Waals surface area contributed by atoms with E-state index < -0.39 is 0 Å². The summed E-state index contributed by atoms with van der Waals surface area (Å²) in [5.41, 5.74) is 3.66. The first-order valence-electron chi connectivity index (χ1n) is 6.42. The Morgan fingerprint density at radius 3 is 2.35 bits per heavy atom. The Morgan fingerprint density at radius 1 is 1.15 bits per heavy atom. The maximum atomic E-state index is 12.2. The minimum Gasteiger partial charge on any atom is -0.459 e. The molecule has 2 aromatic rings. The Balaban J connectivity index is 2.08. The van der Waals surface area contributed by atoms with E-state index in [1.807, 2.05) is 32.9 Å². The zero-order chi connectivity index (χ0) is 14.7. The SMILES string of the molecule is Cc1cc(C)c(C(=O)CNC(=O)c2ccco2)c(C)c1. The van der Waals surface area contributed by atoms with Gasteiger partial charge in [0.1, 0.15) is 0 Å². The van der Waals surface area contributed by atoms with Gasteiger partial charge in [0.25, 0.3) is 5.91 Å². The molecule has 0 saturated carbocycles. The van der Waals surface area contributed by atoms with Crippen LogP contribution in [0, 0.1) is 20.8 Å². The Bertz CT molecular complexity index is 619. The van der Waals surface area contributed by atoms with E-state index in [0.29, 0.717) is 5.56 Å². The molecule has 0 spiro atoms. The minimum absolute atomic E-state index is 0.0374. The molecule has 1 heterocycles. The number of carbonyl (C=O) groups excluding carboxylic acids is 2. The van der Waals surface area contributed by atoms with Crippen LogP contribution in [0.3, 0.4) is 0 Å². The number of Topliss-reactive ketones (excluding diaryl/α,β-unsaturated/α-hetero) is 1. The van der Waals surface area contributed by atoms with Crippen molar-refractivity contribution in [2.75, 3.05) is 6.54 Å².